The Hall–Kier alpha value is -2.31. The molecule has 1 atom stereocenters. The van der Waals surface area contributed by atoms with E-state index in [4.69, 9.17) is 0 Å². The number of H-pyrrole nitrogens is 2. The number of rotatable bonds is 5. The summed E-state index contributed by atoms with van der Waals surface area (Å²) < 4.78 is 0. The van der Waals surface area contributed by atoms with E-state index in [1.54, 1.807) is 18.1 Å². The van der Waals surface area contributed by atoms with Crippen molar-refractivity contribution in [3.63, 3.8) is 0 Å². The van der Waals surface area contributed by atoms with Gasteiger partial charge in [-0.3, -0.25) is 5.10 Å². The lowest BCUT2D eigenvalue weighted by Gasteiger charge is -2.21. The molecule has 0 fully saturated rings. The Morgan fingerprint density at radius 3 is 2.62 bits per heavy atom. The highest BCUT2D eigenvalue weighted by Crippen LogP contribution is 2.20. The summed E-state index contributed by atoms with van der Waals surface area (Å²) in [5.74, 6) is 0.785. The fourth-order valence-electron chi connectivity index (χ4n) is 2.39. The maximum absolute atomic E-state index is 12.4. The zero-order valence-corrected chi connectivity index (χ0v) is 15.4. The molecule has 0 aromatic carbocycles. The van der Waals surface area contributed by atoms with Crippen LogP contribution in [0.15, 0.2) is 12.3 Å². The number of carbonyl (C=O) groups excluding carboxylic acids is 1. The summed E-state index contributed by atoms with van der Waals surface area (Å²) in [4.78, 5) is 21.6. The molecule has 0 aliphatic heterocycles. The van der Waals surface area contributed by atoms with Crippen molar-refractivity contribution in [2.24, 2.45) is 0 Å². The van der Waals surface area contributed by atoms with E-state index in [1.807, 2.05) is 19.9 Å². The van der Waals surface area contributed by atoms with Crippen molar-refractivity contribution in [2.75, 3.05) is 7.05 Å². The van der Waals surface area contributed by atoms with Crippen molar-refractivity contribution in [2.45, 2.75) is 59.0 Å². The van der Waals surface area contributed by atoms with Gasteiger partial charge in [0.1, 0.15) is 5.82 Å². The molecule has 7 heteroatoms. The molecule has 0 aliphatic carbocycles. The summed E-state index contributed by atoms with van der Waals surface area (Å²) in [5, 5.41) is 10.4. The predicted octanol–water partition coefficient (Wildman–Crippen LogP) is 3.03. The Balaban J connectivity index is 1.97. The number of nitrogens with one attached hydrogen (secondary N) is 3. The van der Waals surface area contributed by atoms with Gasteiger partial charge in [0.25, 0.3) is 0 Å². The van der Waals surface area contributed by atoms with Crippen LogP contribution in [0.1, 0.15) is 63.1 Å². The Morgan fingerprint density at radius 2 is 2.12 bits per heavy atom. The Morgan fingerprint density at radius 1 is 1.42 bits per heavy atom. The van der Waals surface area contributed by atoms with E-state index in [0.29, 0.717) is 6.54 Å². The van der Waals surface area contributed by atoms with E-state index in [-0.39, 0.29) is 17.5 Å². The van der Waals surface area contributed by atoms with Crippen LogP contribution in [0.25, 0.3) is 0 Å². The lowest BCUT2D eigenvalue weighted by atomic mass is 9.92. The number of hydrogen-bond donors (Lipinski definition) is 3. The van der Waals surface area contributed by atoms with E-state index in [0.717, 1.165) is 29.3 Å². The lowest BCUT2D eigenvalue weighted by molar-refractivity contribution is 0.201. The zero-order chi connectivity index (χ0) is 17.9. The van der Waals surface area contributed by atoms with Crippen molar-refractivity contribution >= 4 is 6.03 Å². The van der Waals surface area contributed by atoms with Crippen molar-refractivity contribution in [1.29, 1.82) is 0 Å². The molecule has 2 heterocycles. The van der Waals surface area contributed by atoms with E-state index >= 15 is 0 Å². The van der Waals surface area contributed by atoms with Gasteiger partial charge in [0.2, 0.25) is 0 Å². The van der Waals surface area contributed by atoms with Gasteiger partial charge in [-0.1, -0.05) is 27.7 Å². The minimum absolute atomic E-state index is 0.0139. The van der Waals surface area contributed by atoms with Crippen molar-refractivity contribution in [3.8, 4) is 0 Å². The molecule has 0 unspecified atom stereocenters. The Kier molecular flexibility index (Phi) is 5.31. The molecule has 7 nitrogen and oxygen atoms in total. The molecule has 0 aliphatic rings. The first kappa shape index (κ1) is 18.0. The summed E-state index contributed by atoms with van der Waals surface area (Å²) in [6.07, 6.45) is 2.54. The lowest BCUT2D eigenvalue weighted by Crippen LogP contribution is -2.39. The average Bonchev–Trinajstić information content (AvgIpc) is 3.13. The van der Waals surface area contributed by atoms with Gasteiger partial charge in [-0.25, -0.2) is 9.78 Å². The number of urea groups is 1. The number of imidazole rings is 1. The van der Waals surface area contributed by atoms with Crippen LogP contribution in [0.2, 0.25) is 0 Å². The molecule has 2 amide bonds. The topological polar surface area (TPSA) is 89.7 Å². The fraction of sp³-hybridized carbons (Fsp3) is 0.588. The minimum Gasteiger partial charge on any atom is -0.344 e. The largest absolute Gasteiger partial charge is 0.344 e. The van der Waals surface area contributed by atoms with Gasteiger partial charge < -0.3 is 15.2 Å². The van der Waals surface area contributed by atoms with Crippen LogP contribution < -0.4 is 5.32 Å². The highest BCUT2D eigenvalue weighted by atomic mass is 16.2. The summed E-state index contributed by atoms with van der Waals surface area (Å²) in [6, 6.07) is 1.75. The third-order valence-corrected chi connectivity index (χ3v) is 3.91. The minimum atomic E-state index is -0.136. The van der Waals surface area contributed by atoms with E-state index in [2.05, 4.69) is 46.3 Å². The molecule has 0 bridgehead atoms. The molecular formula is C17H28N6O. The molecule has 0 spiro atoms. The number of amides is 2. The normalized spacial score (nSPS) is 12.9. The van der Waals surface area contributed by atoms with Gasteiger partial charge in [0, 0.05) is 24.4 Å². The second-order valence-corrected chi connectivity index (χ2v) is 7.25. The van der Waals surface area contributed by atoms with Crippen LogP contribution in [-0.2, 0) is 12.0 Å². The zero-order valence-electron chi connectivity index (χ0n) is 15.4. The predicted molar refractivity (Wildman–Crippen MR) is 93.6 cm³/mol. The van der Waals surface area contributed by atoms with Crippen molar-refractivity contribution in [1.82, 2.24) is 30.4 Å². The maximum Gasteiger partial charge on any atom is 0.318 e. The van der Waals surface area contributed by atoms with Crippen LogP contribution >= 0.6 is 0 Å². The molecule has 2 aromatic rings. The number of nitrogens with zero attached hydrogens (tertiary/aromatic N) is 3. The standard InChI is InChI=1S/C17H28N6O/c1-7-13(15-18-9-11(2)19-15)20-16(24)23(6)10-12-8-14(22-21-12)17(3,4)5/h8-9,13H,7,10H2,1-6H3,(H,18,19)(H,20,24)(H,21,22)/t13-/m1/s1. The quantitative estimate of drug-likeness (QED) is 0.786. The number of aromatic nitrogens is 4. The Bertz CT molecular complexity index is 681. The van der Waals surface area contributed by atoms with E-state index in [1.165, 1.54) is 0 Å². The van der Waals surface area contributed by atoms with Gasteiger partial charge in [-0.05, 0) is 19.4 Å². The van der Waals surface area contributed by atoms with Crippen LogP contribution in [0.5, 0.6) is 0 Å². The van der Waals surface area contributed by atoms with Crippen molar-refractivity contribution in [3.05, 3.63) is 35.2 Å². The molecule has 2 rings (SSSR count). The van der Waals surface area contributed by atoms with Gasteiger partial charge in [-0.2, -0.15) is 5.10 Å². The average molecular weight is 332 g/mol. The molecule has 2 aromatic heterocycles. The fourth-order valence-corrected chi connectivity index (χ4v) is 2.39. The SMILES string of the molecule is CC[C@@H](NC(=O)N(C)Cc1cc(C(C)(C)C)n[nH]1)c1ncc(C)[nH]1. The third-order valence-electron chi connectivity index (χ3n) is 3.91. The highest BCUT2D eigenvalue weighted by molar-refractivity contribution is 5.74. The first-order valence-electron chi connectivity index (χ1n) is 8.28. The smallest absolute Gasteiger partial charge is 0.318 e. The maximum atomic E-state index is 12.4. The summed E-state index contributed by atoms with van der Waals surface area (Å²) in [5.41, 5.74) is 2.88. The summed E-state index contributed by atoms with van der Waals surface area (Å²) >= 11 is 0. The second-order valence-electron chi connectivity index (χ2n) is 7.25. The van der Waals surface area contributed by atoms with Gasteiger partial charge in [0.05, 0.1) is 24.0 Å². The third kappa shape index (κ3) is 4.37. The summed E-state index contributed by atoms with van der Waals surface area (Å²) in [6.45, 7) is 10.8. The van der Waals surface area contributed by atoms with E-state index < -0.39 is 0 Å². The van der Waals surface area contributed by atoms with Gasteiger partial charge in [0.15, 0.2) is 0 Å². The summed E-state index contributed by atoms with van der Waals surface area (Å²) in [7, 11) is 1.77. The number of aromatic amines is 2. The van der Waals surface area contributed by atoms with Crippen LogP contribution in [0.4, 0.5) is 4.79 Å². The number of aryl methyl sites for hydroxylation is 1. The molecule has 0 saturated carbocycles. The van der Waals surface area contributed by atoms with Crippen molar-refractivity contribution < 1.29 is 4.79 Å². The van der Waals surface area contributed by atoms with Crippen LogP contribution in [0, 0.1) is 6.92 Å². The van der Waals surface area contributed by atoms with Crippen LogP contribution in [-0.4, -0.2) is 38.1 Å². The number of carbonyl (C=O) groups is 1. The van der Waals surface area contributed by atoms with Crippen LogP contribution in [0.3, 0.4) is 0 Å². The first-order valence-corrected chi connectivity index (χ1v) is 8.28. The van der Waals surface area contributed by atoms with Gasteiger partial charge in [-0.15, -0.1) is 0 Å². The first-order chi connectivity index (χ1) is 11.2. The molecule has 3 N–H and O–H groups in total. The Labute approximate surface area is 143 Å². The monoisotopic (exact) mass is 332 g/mol. The number of hydrogen-bond acceptors (Lipinski definition) is 3. The molecular weight excluding hydrogens is 304 g/mol. The molecule has 24 heavy (non-hydrogen) atoms. The second kappa shape index (κ2) is 7.07. The van der Waals surface area contributed by atoms with E-state index in [9.17, 15) is 4.79 Å². The highest BCUT2D eigenvalue weighted by Gasteiger charge is 2.20. The molecule has 0 radical (unpaired) electrons. The molecule has 0 saturated heterocycles. The molecule has 132 valence electrons. The van der Waals surface area contributed by atoms with Gasteiger partial charge >= 0.3 is 6.03 Å².